The monoisotopic (exact) mass is 298 g/mol. The molecule has 7 nitrogen and oxygen atoms in total. The second-order valence-corrected chi connectivity index (χ2v) is 6.05. The molecule has 3 heterocycles. The van der Waals surface area contributed by atoms with E-state index in [9.17, 15) is 4.79 Å². The van der Waals surface area contributed by atoms with Crippen LogP contribution < -0.4 is 10.2 Å². The van der Waals surface area contributed by atoms with Crippen molar-refractivity contribution in [1.82, 2.24) is 20.0 Å². The van der Waals surface area contributed by atoms with Gasteiger partial charge in [0.1, 0.15) is 5.69 Å². The molecule has 1 fully saturated rings. The van der Waals surface area contributed by atoms with E-state index in [-0.39, 0.29) is 17.9 Å². The smallest absolute Gasteiger partial charge is 0.228 e. The summed E-state index contributed by atoms with van der Waals surface area (Å²) in [5.74, 6) is 0.804. The Balaban J connectivity index is 1.84. The third-order valence-electron chi connectivity index (χ3n) is 4.53. The molecule has 4 rings (SSSR count). The van der Waals surface area contributed by atoms with Gasteiger partial charge in [-0.25, -0.2) is 9.67 Å². The Kier molecular flexibility index (Phi) is 2.72. The van der Waals surface area contributed by atoms with Crippen molar-refractivity contribution in [3.63, 3.8) is 0 Å². The van der Waals surface area contributed by atoms with Gasteiger partial charge in [0.15, 0.2) is 5.82 Å². The summed E-state index contributed by atoms with van der Waals surface area (Å²) < 4.78 is 1.85. The first-order valence-corrected chi connectivity index (χ1v) is 7.53. The molecule has 0 saturated heterocycles. The van der Waals surface area contributed by atoms with Gasteiger partial charge in [0.05, 0.1) is 23.1 Å². The summed E-state index contributed by atoms with van der Waals surface area (Å²) in [6, 6.07) is 2.02. The predicted molar refractivity (Wildman–Crippen MR) is 82.1 cm³/mol. The summed E-state index contributed by atoms with van der Waals surface area (Å²) in [7, 11) is 2.01. The SMILES string of the molecule is Cc1nnn2c1C(C)N(C)c1c-2ccnc1NC(=O)C1CC1. The number of aryl methyl sites for hydroxylation is 1. The zero-order valence-corrected chi connectivity index (χ0v) is 12.9. The van der Waals surface area contributed by atoms with E-state index in [1.165, 1.54) is 0 Å². The first-order valence-electron chi connectivity index (χ1n) is 7.53. The lowest BCUT2D eigenvalue weighted by atomic mass is 10.1. The Morgan fingerprint density at radius 3 is 2.91 bits per heavy atom. The van der Waals surface area contributed by atoms with E-state index < -0.39 is 0 Å². The number of anilines is 2. The van der Waals surface area contributed by atoms with Crippen LogP contribution in [0.5, 0.6) is 0 Å². The number of nitrogens with zero attached hydrogens (tertiary/aromatic N) is 5. The summed E-state index contributed by atoms with van der Waals surface area (Å²) in [5, 5.41) is 11.4. The highest BCUT2D eigenvalue weighted by molar-refractivity contribution is 5.97. The highest BCUT2D eigenvalue weighted by Crippen LogP contribution is 2.41. The number of aromatic nitrogens is 4. The summed E-state index contributed by atoms with van der Waals surface area (Å²) in [6.07, 6.45) is 3.64. The Hall–Kier alpha value is -2.44. The largest absolute Gasteiger partial charge is 0.361 e. The normalized spacial score (nSPS) is 19.6. The van der Waals surface area contributed by atoms with E-state index in [0.29, 0.717) is 5.82 Å². The van der Waals surface area contributed by atoms with Gasteiger partial charge in [-0.3, -0.25) is 4.79 Å². The summed E-state index contributed by atoms with van der Waals surface area (Å²) in [6.45, 7) is 4.07. The van der Waals surface area contributed by atoms with Crippen LogP contribution in [0.2, 0.25) is 0 Å². The molecule has 1 N–H and O–H groups in total. The van der Waals surface area contributed by atoms with Gasteiger partial charge in [0.25, 0.3) is 0 Å². The second-order valence-electron chi connectivity index (χ2n) is 6.05. The fraction of sp³-hybridized carbons (Fsp3) is 0.467. The molecule has 1 amide bonds. The standard InChI is InChI=1S/C15H18N6O/c1-8-12-9(2)20(3)13-11(21(12)19-18-8)6-7-16-14(13)17-15(22)10-4-5-10/h6-7,9-10H,4-5H2,1-3H3,(H,16,17,22). The first kappa shape index (κ1) is 13.2. The molecule has 1 unspecified atom stereocenters. The molecule has 2 aliphatic rings. The lowest BCUT2D eigenvalue weighted by Crippen LogP contribution is -2.32. The number of amides is 1. The molecule has 1 atom stereocenters. The van der Waals surface area contributed by atoms with E-state index in [4.69, 9.17) is 0 Å². The molecule has 0 spiro atoms. The number of nitrogens with one attached hydrogen (secondary N) is 1. The van der Waals surface area contributed by atoms with Crippen molar-refractivity contribution in [2.24, 2.45) is 5.92 Å². The van der Waals surface area contributed by atoms with Crippen molar-refractivity contribution in [2.45, 2.75) is 32.7 Å². The molecule has 1 saturated carbocycles. The quantitative estimate of drug-likeness (QED) is 0.915. The van der Waals surface area contributed by atoms with Crippen molar-refractivity contribution in [3.05, 3.63) is 23.7 Å². The molecule has 0 radical (unpaired) electrons. The van der Waals surface area contributed by atoms with Crippen LogP contribution in [-0.4, -0.2) is 32.9 Å². The van der Waals surface area contributed by atoms with E-state index in [1.807, 2.05) is 24.7 Å². The molecule has 7 heteroatoms. The van der Waals surface area contributed by atoms with E-state index in [1.54, 1.807) is 6.20 Å². The van der Waals surface area contributed by atoms with E-state index in [2.05, 4.69) is 32.4 Å². The Morgan fingerprint density at radius 2 is 2.18 bits per heavy atom. The van der Waals surface area contributed by atoms with Crippen molar-refractivity contribution >= 4 is 17.4 Å². The van der Waals surface area contributed by atoms with Crippen molar-refractivity contribution < 1.29 is 4.79 Å². The molecule has 2 aromatic rings. The summed E-state index contributed by atoms with van der Waals surface area (Å²) >= 11 is 0. The van der Waals surface area contributed by atoms with Crippen molar-refractivity contribution in [1.29, 1.82) is 0 Å². The van der Waals surface area contributed by atoms with Gasteiger partial charge in [0.2, 0.25) is 5.91 Å². The number of hydrogen-bond acceptors (Lipinski definition) is 5. The lowest BCUT2D eigenvalue weighted by molar-refractivity contribution is -0.117. The molecule has 2 aromatic heterocycles. The van der Waals surface area contributed by atoms with Crippen molar-refractivity contribution in [2.75, 3.05) is 17.3 Å². The maximum absolute atomic E-state index is 12.1. The predicted octanol–water partition coefficient (Wildman–Crippen LogP) is 1.83. The topological polar surface area (TPSA) is 75.9 Å². The average Bonchev–Trinajstić information content (AvgIpc) is 3.28. The van der Waals surface area contributed by atoms with Crippen LogP contribution in [-0.2, 0) is 4.79 Å². The molecule has 1 aliphatic carbocycles. The van der Waals surface area contributed by atoms with Gasteiger partial charge in [-0.15, -0.1) is 5.10 Å². The minimum Gasteiger partial charge on any atom is -0.361 e. The van der Waals surface area contributed by atoms with Gasteiger partial charge >= 0.3 is 0 Å². The fourth-order valence-corrected chi connectivity index (χ4v) is 3.02. The van der Waals surface area contributed by atoms with E-state index >= 15 is 0 Å². The highest BCUT2D eigenvalue weighted by atomic mass is 16.2. The van der Waals surface area contributed by atoms with Gasteiger partial charge in [-0.2, -0.15) is 0 Å². The zero-order valence-electron chi connectivity index (χ0n) is 12.9. The Labute approximate surface area is 128 Å². The lowest BCUT2D eigenvalue weighted by Gasteiger charge is -2.35. The first-order chi connectivity index (χ1) is 10.6. The molecule has 114 valence electrons. The average molecular weight is 298 g/mol. The maximum Gasteiger partial charge on any atom is 0.228 e. The van der Waals surface area contributed by atoms with Crippen LogP contribution in [0.3, 0.4) is 0 Å². The molecule has 0 aromatic carbocycles. The molecular formula is C15H18N6O. The van der Waals surface area contributed by atoms with Crippen molar-refractivity contribution in [3.8, 4) is 5.69 Å². The van der Waals surface area contributed by atoms with Crippen LogP contribution in [0, 0.1) is 12.8 Å². The molecule has 22 heavy (non-hydrogen) atoms. The van der Waals surface area contributed by atoms with Crippen LogP contribution in [0.25, 0.3) is 5.69 Å². The third kappa shape index (κ3) is 1.81. The highest BCUT2D eigenvalue weighted by Gasteiger charge is 2.34. The number of hydrogen-bond donors (Lipinski definition) is 1. The van der Waals surface area contributed by atoms with Crippen LogP contribution in [0.4, 0.5) is 11.5 Å². The Morgan fingerprint density at radius 1 is 1.41 bits per heavy atom. The van der Waals surface area contributed by atoms with Crippen LogP contribution >= 0.6 is 0 Å². The number of pyridine rings is 1. The van der Waals surface area contributed by atoms with Crippen LogP contribution in [0.1, 0.15) is 37.2 Å². The van der Waals surface area contributed by atoms with E-state index in [0.717, 1.165) is 35.6 Å². The van der Waals surface area contributed by atoms with Gasteiger partial charge < -0.3 is 10.2 Å². The molecule has 0 bridgehead atoms. The number of rotatable bonds is 2. The van der Waals surface area contributed by atoms with Gasteiger partial charge in [0, 0.05) is 19.2 Å². The van der Waals surface area contributed by atoms with Gasteiger partial charge in [-0.1, -0.05) is 5.21 Å². The second kappa shape index (κ2) is 4.53. The third-order valence-corrected chi connectivity index (χ3v) is 4.53. The fourth-order valence-electron chi connectivity index (χ4n) is 3.02. The molecular weight excluding hydrogens is 280 g/mol. The Bertz CT molecular complexity index is 763. The number of fused-ring (bicyclic) bond motifs is 3. The van der Waals surface area contributed by atoms with Gasteiger partial charge in [-0.05, 0) is 32.8 Å². The van der Waals surface area contributed by atoms with Crippen LogP contribution in [0.15, 0.2) is 12.3 Å². The minimum absolute atomic E-state index is 0.0579. The number of carbonyl (C=O) groups excluding carboxylic acids is 1. The number of carbonyl (C=O) groups is 1. The minimum atomic E-state index is 0.0579. The zero-order chi connectivity index (χ0) is 15.4. The maximum atomic E-state index is 12.1. The molecule has 1 aliphatic heterocycles. The summed E-state index contributed by atoms with van der Waals surface area (Å²) in [4.78, 5) is 18.6. The summed E-state index contributed by atoms with van der Waals surface area (Å²) in [5.41, 5.74) is 3.78.